The van der Waals surface area contributed by atoms with Crippen molar-refractivity contribution in [1.82, 2.24) is 19.4 Å². The van der Waals surface area contributed by atoms with Gasteiger partial charge in [0.05, 0.1) is 23.8 Å². The molecule has 4 aromatic rings. The number of rotatable bonds is 4. The zero-order valence-corrected chi connectivity index (χ0v) is 17.3. The summed E-state index contributed by atoms with van der Waals surface area (Å²) in [6.07, 6.45) is 5.14. The van der Waals surface area contributed by atoms with Gasteiger partial charge in [-0.3, -0.25) is 9.20 Å². The SMILES string of the molecule is Cc1nc2ccccn2c1C(=O)Nc1cnc(N2CCN(c3ccccc3)CC2)nc1. The Morgan fingerprint density at radius 3 is 2.32 bits per heavy atom. The minimum atomic E-state index is -0.232. The lowest BCUT2D eigenvalue weighted by molar-refractivity contribution is 0.102. The van der Waals surface area contributed by atoms with Gasteiger partial charge in [0.2, 0.25) is 5.95 Å². The van der Waals surface area contributed by atoms with Gasteiger partial charge in [-0.15, -0.1) is 0 Å². The van der Waals surface area contributed by atoms with Crippen LogP contribution in [0.15, 0.2) is 67.1 Å². The fourth-order valence-corrected chi connectivity index (χ4v) is 3.93. The molecule has 1 aliphatic heterocycles. The number of hydrogen-bond acceptors (Lipinski definition) is 6. The molecule has 156 valence electrons. The zero-order chi connectivity index (χ0) is 21.2. The number of benzene rings is 1. The van der Waals surface area contributed by atoms with Crippen molar-refractivity contribution in [2.24, 2.45) is 0 Å². The molecule has 3 aromatic heterocycles. The summed E-state index contributed by atoms with van der Waals surface area (Å²) in [6.45, 7) is 5.36. The molecule has 4 heterocycles. The fourth-order valence-electron chi connectivity index (χ4n) is 3.93. The molecule has 0 saturated carbocycles. The monoisotopic (exact) mass is 413 g/mol. The minimum Gasteiger partial charge on any atom is -0.368 e. The smallest absolute Gasteiger partial charge is 0.274 e. The molecule has 0 bridgehead atoms. The van der Waals surface area contributed by atoms with Gasteiger partial charge in [0.1, 0.15) is 11.3 Å². The van der Waals surface area contributed by atoms with Crippen LogP contribution in [0.25, 0.3) is 5.65 Å². The van der Waals surface area contributed by atoms with Crippen molar-refractivity contribution in [3.63, 3.8) is 0 Å². The molecule has 8 heteroatoms. The number of carbonyl (C=O) groups excluding carboxylic acids is 1. The van der Waals surface area contributed by atoms with Crippen LogP contribution in [-0.2, 0) is 0 Å². The number of aryl methyl sites for hydroxylation is 1. The number of nitrogens with zero attached hydrogens (tertiary/aromatic N) is 6. The molecule has 0 radical (unpaired) electrons. The molecule has 0 atom stereocenters. The number of hydrogen-bond donors (Lipinski definition) is 1. The number of nitrogens with one attached hydrogen (secondary N) is 1. The first-order chi connectivity index (χ1) is 15.2. The molecular weight excluding hydrogens is 390 g/mol. The maximum atomic E-state index is 12.8. The molecule has 0 spiro atoms. The summed E-state index contributed by atoms with van der Waals surface area (Å²) in [7, 11) is 0. The molecule has 1 N–H and O–H groups in total. The van der Waals surface area contributed by atoms with Crippen LogP contribution in [0.2, 0.25) is 0 Å². The average molecular weight is 413 g/mol. The summed E-state index contributed by atoms with van der Waals surface area (Å²) in [5, 5.41) is 2.88. The van der Waals surface area contributed by atoms with E-state index in [-0.39, 0.29) is 5.91 Å². The number of fused-ring (bicyclic) bond motifs is 1. The molecule has 1 aromatic carbocycles. The van der Waals surface area contributed by atoms with Crippen LogP contribution in [-0.4, -0.2) is 51.4 Å². The van der Waals surface area contributed by atoms with Crippen molar-refractivity contribution < 1.29 is 4.79 Å². The lowest BCUT2D eigenvalue weighted by Crippen LogP contribution is -2.47. The molecule has 1 aliphatic rings. The first-order valence-electron chi connectivity index (χ1n) is 10.3. The number of carbonyl (C=O) groups is 1. The second-order valence-electron chi connectivity index (χ2n) is 7.51. The topological polar surface area (TPSA) is 78.7 Å². The summed E-state index contributed by atoms with van der Waals surface area (Å²) in [6, 6.07) is 16.1. The Morgan fingerprint density at radius 2 is 1.58 bits per heavy atom. The second kappa shape index (κ2) is 8.06. The average Bonchev–Trinajstić information content (AvgIpc) is 3.16. The number of aromatic nitrogens is 4. The van der Waals surface area contributed by atoms with E-state index in [2.05, 4.69) is 54.3 Å². The van der Waals surface area contributed by atoms with Gasteiger partial charge < -0.3 is 15.1 Å². The molecule has 31 heavy (non-hydrogen) atoms. The number of imidazole rings is 1. The Hall–Kier alpha value is -3.94. The third kappa shape index (κ3) is 3.79. The van der Waals surface area contributed by atoms with Crippen LogP contribution in [0.5, 0.6) is 0 Å². The second-order valence-corrected chi connectivity index (χ2v) is 7.51. The van der Waals surface area contributed by atoms with Crippen LogP contribution in [0.4, 0.5) is 17.3 Å². The first-order valence-corrected chi connectivity index (χ1v) is 10.3. The molecule has 0 aliphatic carbocycles. The van der Waals surface area contributed by atoms with Crippen LogP contribution in [0.3, 0.4) is 0 Å². The third-order valence-corrected chi connectivity index (χ3v) is 5.50. The van der Waals surface area contributed by atoms with Crippen LogP contribution in [0, 0.1) is 6.92 Å². The summed E-state index contributed by atoms with van der Waals surface area (Å²) in [5.41, 5.74) is 3.73. The first kappa shape index (κ1) is 19.0. The van der Waals surface area contributed by atoms with Gasteiger partial charge in [-0.1, -0.05) is 24.3 Å². The number of para-hydroxylation sites is 1. The third-order valence-electron chi connectivity index (χ3n) is 5.50. The van der Waals surface area contributed by atoms with E-state index in [0.717, 1.165) is 31.8 Å². The van der Waals surface area contributed by atoms with E-state index in [4.69, 9.17) is 0 Å². The maximum Gasteiger partial charge on any atom is 0.274 e. The summed E-state index contributed by atoms with van der Waals surface area (Å²) in [4.78, 5) is 30.8. The van der Waals surface area contributed by atoms with Crippen molar-refractivity contribution in [3.05, 3.63) is 78.5 Å². The Labute approximate surface area is 180 Å². The summed E-state index contributed by atoms with van der Waals surface area (Å²) >= 11 is 0. The standard InChI is InChI=1S/C23H23N7O/c1-17-21(30-10-6-5-9-20(30)26-17)22(31)27-18-15-24-23(25-16-18)29-13-11-28(12-14-29)19-7-3-2-4-8-19/h2-10,15-16H,11-14H2,1H3,(H,27,31). The fraction of sp³-hybridized carbons (Fsp3) is 0.217. The highest BCUT2D eigenvalue weighted by Crippen LogP contribution is 2.19. The molecule has 1 fully saturated rings. The van der Waals surface area contributed by atoms with Crippen LogP contribution < -0.4 is 15.1 Å². The Morgan fingerprint density at radius 1 is 0.903 bits per heavy atom. The number of anilines is 3. The van der Waals surface area contributed by atoms with Gasteiger partial charge in [-0.2, -0.15) is 0 Å². The van der Waals surface area contributed by atoms with E-state index >= 15 is 0 Å². The van der Waals surface area contributed by atoms with Gasteiger partial charge in [-0.05, 0) is 31.2 Å². The summed E-state index contributed by atoms with van der Waals surface area (Å²) < 4.78 is 1.78. The van der Waals surface area contributed by atoms with Crippen molar-refractivity contribution in [1.29, 1.82) is 0 Å². The Bertz CT molecular complexity index is 1200. The van der Waals surface area contributed by atoms with Gasteiger partial charge in [0, 0.05) is 38.1 Å². The van der Waals surface area contributed by atoms with Gasteiger partial charge in [-0.25, -0.2) is 15.0 Å². The van der Waals surface area contributed by atoms with Crippen molar-refractivity contribution in [2.45, 2.75) is 6.92 Å². The lowest BCUT2D eigenvalue weighted by atomic mass is 10.2. The highest BCUT2D eigenvalue weighted by molar-refractivity contribution is 6.04. The molecule has 1 saturated heterocycles. The Kier molecular flexibility index (Phi) is 4.95. The predicted octanol–water partition coefficient (Wildman–Crippen LogP) is 3.01. The van der Waals surface area contributed by atoms with Gasteiger partial charge >= 0.3 is 0 Å². The van der Waals surface area contributed by atoms with Crippen LogP contribution in [0.1, 0.15) is 16.2 Å². The quantitative estimate of drug-likeness (QED) is 0.554. The van der Waals surface area contributed by atoms with Gasteiger partial charge in [0.15, 0.2) is 0 Å². The van der Waals surface area contributed by atoms with Crippen LogP contribution >= 0.6 is 0 Å². The molecular formula is C23H23N7O. The predicted molar refractivity (Wildman–Crippen MR) is 121 cm³/mol. The summed E-state index contributed by atoms with van der Waals surface area (Å²) in [5.74, 6) is 0.445. The minimum absolute atomic E-state index is 0.232. The molecule has 0 unspecified atom stereocenters. The lowest BCUT2D eigenvalue weighted by Gasteiger charge is -2.36. The largest absolute Gasteiger partial charge is 0.368 e. The Balaban J connectivity index is 1.24. The van der Waals surface area contributed by atoms with E-state index in [1.165, 1.54) is 5.69 Å². The van der Waals surface area contributed by atoms with E-state index in [1.54, 1.807) is 16.8 Å². The number of pyridine rings is 1. The van der Waals surface area contributed by atoms with E-state index in [1.807, 2.05) is 37.4 Å². The molecule has 8 nitrogen and oxygen atoms in total. The molecule has 1 amide bonds. The van der Waals surface area contributed by atoms with Gasteiger partial charge in [0.25, 0.3) is 5.91 Å². The normalized spacial score (nSPS) is 14.1. The number of amides is 1. The maximum absolute atomic E-state index is 12.8. The van der Waals surface area contributed by atoms with E-state index in [0.29, 0.717) is 23.0 Å². The van der Waals surface area contributed by atoms with Crippen molar-refractivity contribution in [2.75, 3.05) is 41.3 Å². The number of piperazine rings is 1. The highest BCUT2D eigenvalue weighted by Gasteiger charge is 2.20. The highest BCUT2D eigenvalue weighted by atomic mass is 16.2. The van der Waals surface area contributed by atoms with Crippen molar-refractivity contribution >= 4 is 28.9 Å². The van der Waals surface area contributed by atoms with E-state index in [9.17, 15) is 4.79 Å². The zero-order valence-electron chi connectivity index (χ0n) is 17.3. The van der Waals surface area contributed by atoms with E-state index < -0.39 is 0 Å². The van der Waals surface area contributed by atoms with Crippen molar-refractivity contribution in [3.8, 4) is 0 Å². The molecule has 5 rings (SSSR count).